The van der Waals surface area contributed by atoms with E-state index >= 15 is 0 Å². The van der Waals surface area contributed by atoms with Crippen LogP contribution in [-0.2, 0) is 0 Å². The van der Waals surface area contributed by atoms with Gasteiger partial charge in [-0.15, -0.1) is 0 Å². The van der Waals surface area contributed by atoms with E-state index in [0.29, 0.717) is 0 Å². The summed E-state index contributed by atoms with van der Waals surface area (Å²) in [5.74, 6) is 0.871. The highest BCUT2D eigenvalue weighted by atomic mass is 15.1. The Hall–Kier alpha value is -5.87. The van der Waals surface area contributed by atoms with E-state index in [4.69, 9.17) is 15.0 Å². The number of para-hydroxylation sites is 1. The van der Waals surface area contributed by atoms with Gasteiger partial charge in [-0.05, 0) is 64.7 Å². The Balaban J connectivity index is 1.26. The zero-order chi connectivity index (χ0) is 28.3. The average Bonchev–Trinajstić information content (AvgIpc) is 3.42. The quantitative estimate of drug-likeness (QED) is 0.221. The van der Waals surface area contributed by atoms with Gasteiger partial charge in [-0.3, -0.25) is 9.55 Å². The lowest BCUT2D eigenvalue weighted by atomic mass is 10.0. The van der Waals surface area contributed by atoms with Gasteiger partial charge < -0.3 is 0 Å². The van der Waals surface area contributed by atoms with Crippen LogP contribution in [-0.4, -0.2) is 19.5 Å². The van der Waals surface area contributed by atoms with E-state index in [1.54, 1.807) is 0 Å². The Bertz CT molecular complexity index is 2500. The van der Waals surface area contributed by atoms with Crippen LogP contribution >= 0.6 is 0 Å². The highest BCUT2D eigenvalue weighted by molar-refractivity contribution is 6.21. The number of nitrogens with zero attached hydrogens (tertiary/aromatic N) is 4. The third kappa shape index (κ3) is 3.74. The van der Waals surface area contributed by atoms with Gasteiger partial charge in [0, 0.05) is 45.1 Å². The van der Waals surface area contributed by atoms with Crippen LogP contribution in [0.4, 0.5) is 0 Å². The maximum absolute atomic E-state index is 5.01. The van der Waals surface area contributed by atoms with Gasteiger partial charge in [0.05, 0.1) is 27.9 Å². The van der Waals surface area contributed by atoms with Crippen molar-refractivity contribution in [3.63, 3.8) is 0 Å². The minimum absolute atomic E-state index is 0.871. The zero-order valence-corrected chi connectivity index (χ0v) is 23.1. The standard InChI is InChI=1S/C39H24N4/c1-4-10-30-25(7-1)14-19-36-38(30)32-23-28(34-17-13-27-9-3-6-12-33(27)42-34)15-18-35(32)43(36)37-20-16-29(24-41-37)39-31-11-5-2-8-26(31)21-22-40-39/h1-24H. The summed E-state index contributed by atoms with van der Waals surface area (Å²) in [6, 6.07) is 46.8. The Kier molecular flexibility index (Phi) is 5.16. The molecule has 9 rings (SSSR count). The van der Waals surface area contributed by atoms with Crippen molar-refractivity contribution in [2.45, 2.75) is 0 Å². The van der Waals surface area contributed by atoms with E-state index in [0.717, 1.165) is 55.7 Å². The molecule has 0 aliphatic heterocycles. The number of pyridine rings is 3. The molecular formula is C39H24N4. The lowest BCUT2D eigenvalue weighted by Gasteiger charge is -2.10. The topological polar surface area (TPSA) is 43.6 Å². The van der Waals surface area contributed by atoms with E-state index in [1.807, 2.05) is 24.5 Å². The number of fused-ring (bicyclic) bond motifs is 7. The average molecular weight is 549 g/mol. The molecule has 0 unspecified atom stereocenters. The fraction of sp³-hybridized carbons (Fsp3) is 0. The van der Waals surface area contributed by atoms with Crippen molar-refractivity contribution in [3.05, 3.63) is 146 Å². The van der Waals surface area contributed by atoms with Crippen molar-refractivity contribution in [1.82, 2.24) is 19.5 Å². The van der Waals surface area contributed by atoms with Crippen LogP contribution in [0, 0.1) is 0 Å². The Morgan fingerprint density at radius 1 is 0.488 bits per heavy atom. The fourth-order valence-corrected chi connectivity index (χ4v) is 6.43. The second-order valence-electron chi connectivity index (χ2n) is 10.9. The molecule has 0 bridgehead atoms. The van der Waals surface area contributed by atoms with Gasteiger partial charge in [0.2, 0.25) is 0 Å². The van der Waals surface area contributed by atoms with Crippen molar-refractivity contribution < 1.29 is 0 Å². The van der Waals surface area contributed by atoms with Crippen LogP contribution < -0.4 is 0 Å². The second-order valence-corrected chi connectivity index (χ2v) is 10.9. The minimum atomic E-state index is 0.871. The first-order valence-corrected chi connectivity index (χ1v) is 14.4. The largest absolute Gasteiger partial charge is 0.294 e. The summed E-state index contributed by atoms with van der Waals surface area (Å²) in [7, 11) is 0. The summed E-state index contributed by atoms with van der Waals surface area (Å²) in [5.41, 5.74) is 7.23. The summed E-state index contributed by atoms with van der Waals surface area (Å²) in [5, 5.41) is 8.28. The smallest absolute Gasteiger partial charge is 0.137 e. The predicted molar refractivity (Wildman–Crippen MR) is 178 cm³/mol. The Labute approximate surface area is 247 Å². The molecule has 0 saturated carbocycles. The molecule has 4 aromatic heterocycles. The lowest BCUT2D eigenvalue weighted by molar-refractivity contribution is 1.08. The lowest BCUT2D eigenvalue weighted by Crippen LogP contribution is -1.98. The van der Waals surface area contributed by atoms with Crippen LogP contribution in [0.25, 0.3) is 82.6 Å². The normalized spacial score (nSPS) is 11.7. The van der Waals surface area contributed by atoms with E-state index in [9.17, 15) is 0 Å². The van der Waals surface area contributed by atoms with Crippen molar-refractivity contribution in [2.75, 3.05) is 0 Å². The number of aromatic nitrogens is 4. The zero-order valence-electron chi connectivity index (χ0n) is 23.1. The number of benzene rings is 5. The van der Waals surface area contributed by atoms with Crippen molar-refractivity contribution in [2.24, 2.45) is 0 Å². The van der Waals surface area contributed by atoms with Gasteiger partial charge in [0.1, 0.15) is 5.82 Å². The predicted octanol–water partition coefficient (Wildman–Crippen LogP) is 9.76. The summed E-state index contributed by atoms with van der Waals surface area (Å²) >= 11 is 0. The molecule has 0 N–H and O–H groups in total. The molecule has 43 heavy (non-hydrogen) atoms. The third-order valence-corrected chi connectivity index (χ3v) is 8.47. The van der Waals surface area contributed by atoms with Crippen molar-refractivity contribution in [1.29, 1.82) is 0 Å². The molecule has 0 saturated heterocycles. The summed E-state index contributed by atoms with van der Waals surface area (Å²) in [6.45, 7) is 0. The molecule has 0 amide bonds. The van der Waals surface area contributed by atoms with Gasteiger partial charge in [-0.25, -0.2) is 9.97 Å². The highest BCUT2D eigenvalue weighted by Crippen LogP contribution is 2.38. The number of hydrogen-bond acceptors (Lipinski definition) is 3. The maximum atomic E-state index is 5.01. The Morgan fingerprint density at radius 3 is 2.07 bits per heavy atom. The molecular weight excluding hydrogens is 524 g/mol. The van der Waals surface area contributed by atoms with Crippen LogP contribution in [0.3, 0.4) is 0 Å². The van der Waals surface area contributed by atoms with Crippen LogP contribution in [0.1, 0.15) is 0 Å². The van der Waals surface area contributed by atoms with E-state index in [-0.39, 0.29) is 0 Å². The fourth-order valence-electron chi connectivity index (χ4n) is 6.43. The molecule has 4 nitrogen and oxygen atoms in total. The van der Waals surface area contributed by atoms with Crippen LogP contribution in [0.2, 0.25) is 0 Å². The minimum Gasteiger partial charge on any atom is -0.294 e. The molecule has 5 aromatic carbocycles. The first-order chi connectivity index (χ1) is 21.3. The molecule has 4 heteroatoms. The molecule has 0 aliphatic carbocycles. The maximum Gasteiger partial charge on any atom is 0.137 e. The molecule has 0 radical (unpaired) electrons. The van der Waals surface area contributed by atoms with E-state index in [2.05, 4.69) is 126 Å². The first kappa shape index (κ1) is 23.8. The molecule has 200 valence electrons. The SMILES string of the molecule is c1ccc2nc(-c3ccc4c(c3)c3c5ccccc5ccc3n4-c3ccc(-c4nccc5ccccc45)cn3)ccc2c1. The van der Waals surface area contributed by atoms with Crippen molar-refractivity contribution in [3.8, 4) is 28.3 Å². The molecule has 0 atom stereocenters. The summed E-state index contributed by atoms with van der Waals surface area (Å²) in [6.07, 6.45) is 3.81. The first-order valence-electron chi connectivity index (χ1n) is 14.4. The van der Waals surface area contributed by atoms with Gasteiger partial charge in [0.15, 0.2) is 0 Å². The van der Waals surface area contributed by atoms with Crippen LogP contribution in [0.5, 0.6) is 0 Å². The summed E-state index contributed by atoms with van der Waals surface area (Å²) in [4.78, 5) is 14.7. The third-order valence-electron chi connectivity index (χ3n) is 8.47. The molecule has 0 fully saturated rings. The molecule has 9 aromatic rings. The monoisotopic (exact) mass is 548 g/mol. The van der Waals surface area contributed by atoms with Gasteiger partial charge in [-0.2, -0.15) is 0 Å². The van der Waals surface area contributed by atoms with Gasteiger partial charge >= 0.3 is 0 Å². The molecule has 0 spiro atoms. The molecule has 4 heterocycles. The summed E-state index contributed by atoms with van der Waals surface area (Å²) < 4.78 is 2.27. The Morgan fingerprint density at radius 2 is 1.21 bits per heavy atom. The number of rotatable bonds is 3. The highest BCUT2D eigenvalue weighted by Gasteiger charge is 2.17. The second kappa shape index (κ2) is 9.33. The van der Waals surface area contributed by atoms with E-state index < -0.39 is 0 Å². The van der Waals surface area contributed by atoms with Gasteiger partial charge in [0.25, 0.3) is 0 Å². The van der Waals surface area contributed by atoms with Crippen LogP contribution in [0.15, 0.2) is 146 Å². The van der Waals surface area contributed by atoms with Gasteiger partial charge in [-0.1, -0.05) is 84.9 Å². The molecule has 0 aliphatic rings. The van der Waals surface area contributed by atoms with Crippen molar-refractivity contribution >= 4 is 54.3 Å². The number of hydrogen-bond donors (Lipinski definition) is 0. The van der Waals surface area contributed by atoms with E-state index in [1.165, 1.54) is 26.9 Å².